The molecule has 0 spiro atoms. The first-order valence-corrected chi connectivity index (χ1v) is 6.33. The predicted molar refractivity (Wildman–Crippen MR) is 70.6 cm³/mol. The standard InChI is InChI=1S/C12H14N4OS/c1-7-5-10(17)16-12(15-7)18-11-6-9(8(2)13)3-4-14-11/h3-6,8H,13H2,1-2H3,(H,15,16,17). The van der Waals surface area contributed by atoms with Gasteiger partial charge in [-0.3, -0.25) is 4.79 Å². The second-order valence-electron chi connectivity index (χ2n) is 4.01. The Hall–Kier alpha value is -1.66. The lowest BCUT2D eigenvalue weighted by molar-refractivity contribution is 0.807. The molecule has 2 heterocycles. The molecule has 5 nitrogen and oxygen atoms in total. The summed E-state index contributed by atoms with van der Waals surface area (Å²) in [5.74, 6) is 0. The summed E-state index contributed by atoms with van der Waals surface area (Å²) in [6, 6.07) is 5.19. The third kappa shape index (κ3) is 3.18. The fraction of sp³-hybridized carbons (Fsp3) is 0.250. The van der Waals surface area contributed by atoms with Crippen LogP contribution < -0.4 is 11.3 Å². The van der Waals surface area contributed by atoms with Gasteiger partial charge in [-0.1, -0.05) is 0 Å². The van der Waals surface area contributed by atoms with Gasteiger partial charge in [-0.25, -0.2) is 9.97 Å². The van der Waals surface area contributed by atoms with Crippen LogP contribution in [0.3, 0.4) is 0 Å². The van der Waals surface area contributed by atoms with E-state index in [-0.39, 0.29) is 11.6 Å². The molecule has 6 heteroatoms. The van der Waals surface area contributed by atoms with Crippen molar-refractivity contribution in [1.29, 1.82) is 0 Å². The van der Waals surface area contributed by atoms with Crippen LogP contribution in [-0.2, 0) is 0 Å². The van der Waals surface area contributed by atoms with Crippen LogP contribution in [0.4, 0.5) is 0 Å². The van der Waals surface area contributed by atoms with Gasteiger partial charge in [0.05, 0.1) is 0 Å². The van der Waals surface area contributed by atoms with E-state index in [4.69, 9.17) is 5.73 Å². The Morgan fingerprint density at radius 1 is 1.44 bits per heavy atom. The number of aromatic nitrogens is 3. The Morgan fingerprint density at radius 3 is 2.89 bits per heavy atom. The van der Waals surface area contributed by atoms with Crippen molar-refractivity contribution >= 4 is 11.8 Å². The van der Waals surface area contributed by atoms with Gasteiger partial charge >= 0.3 is 0 Å². The third-order valence-corrected chi connectivity index (χ3v) is 3.15. The van der Waals surface area contributed by atoms with Gasteiger partial charge in [0.1, 0.15) is 5.03 Å². The van der Waals surface area contributed by atoms with Crippen LogP contribution in [0, 0.1) is 6.92 Å². The molecule has 2 rings (SSSR count). The topological polar surface area (TPSA) is 84.7 Å². The summed E-state index contributed by atoms with van der Waals surface area (Å²) in [7, 11) is 0. The molecule has 1 unspecified atom stereocenters. The number of pyridine rings is 1. The minimum absolute atomic E-state index is 0.0446. The number of hydrogen-bond acceptors (Lipinski definition) is 5. The van der Waals surface area contributed by atoms with E-state index in [9.17, 15) is 4.79 Å². The first-order valence-electron chi connectivity index (χ1n) is 5.52. The van der Waals surface area contributed by atoms with Crippen molar-refractivity contribution in [3.8, 4) is 0 Å². The summed E-state index contributed by atoms with van der Waals surface area (Å²) in [6.07, 6.45) is 1.70. The highest BCUT2D eigenvalue weighted by molar-refractivity contribution is 7.99. The summed E-state index contributed by atoms with van der Waals surface area (Å²) >= 11 is 1.31. The molecule has 0 aromatic carbocycles. The molecular formula is C12H14N4OS. The number of H-pyrrole nitrogens is 1. The van der Waals surface area contributed by atoms with Crippen molar-refractivity contribution in [3.05, 3.63) is 46.0 Å². The number of nitrogens with one attached hydrogen (secondary N) is 1. The van der Waals surface area contributed by atoms with E-state index in [1.54, 1.807) is 13.1 Å². The quantitative estimate of drug-likeness (QED) is 0.821. The van der Waals surface area contributed by atoms with Gasteiger partial charge in [0, 0.05) is 24.0 Å². The second-order valence-corrected chi connectivity index (χ2v) is 5.02. The predicted octanol–water partition coefficient (Wildman–Crippen LogP) is 1.64. The van der Waals surface area contributed by atoms with Crippen LogP contribution in [-0.4, -0.2) is 15.0 Å². The van der Waals surface area contributed by atoms with E-state index in [0.29, 0.717) is 10.9 Å². The number of rotatable bonds is 3. The van der Waals surface area contributed by atoms with Crippen LogP contribution in [0.1, 0.15) is 24.2 Å². The van der Waals surface area contributed by atoms with Crippen LogP contribution >= 0.6 is 11.8 Å². The zero-order valence-electron chi connectivity index (χ0n) is 10.2. The van der Waals surface area contributed by atoms with Crippen molar-refractivity contribution in [1.82, 2.24) is 15.0 Å². The van der Waals surface area contributed by atoms with Gasteiger partial charge in [-0.2, -0.15) is 0 Å². The van der Waals surface area contributed by atoms with Crippen molar-refractivity contribution in [2.75, 3.05) is 0 Å². The van der Waals surface area contributed by atoms with Gasteiger partial charge < -0.3 is 10.7 Å². The Kier molecular flexibility index (Phi) is 3.78. The Labute approximate surface area is 109 Å². The minimum atomic E-state index is -0.159. The Morgan fingerprint density at radius 2 is 2.22 bits per heavy atom. The molecule has 3 N–H and O–H groups in total. The maximum Gasteiger partial charge on any atom is 0.251 e. The molecule has 18 heavy (non-hydrogen) atoms. The van der Waals surface area contributed by atoms with Gasteiger partial charge in [0.2, 0.25) is 0 Å². The number of aromatic amines is 1. The van der Waals surface area contributed by atoms with Crippen molar-refractivity contribution in [3.63, 3.8) is 0 Å². The smallest absolute Gasteiger partial charge is 0.251 e. The first kappa shape index (κ1) is 12.8. The van der Waals surface area contributed by atoms with Gasteiger partial charge in [0.15, 0.2) is 5.16 Å². The third-order valence-electron chi connectivity index (χ3n) is 2.33. The number of nitrogens with two attached hydrogens (primary N) is 1. The van der Waals surface area contributed by atoms with Crippen LogP contribution in [0.25, 0.3) is 0 Å². The SMILES string of the molecule is Cc1cc(=O)[nH]c(Sc2cc(C(C)N)ccn2)n1. The van der Waals surface area contributed by atoms with Gasteiger partial charge in [0.25, 0.3) is 5.56 Å². The molecule has 0 aliphatic rings. The normalized spacial score (nSPS) is 12.4. The largest absolute Gasteiger partial charge is 0.324 e. The highest BCUT2D eigenvalue weighted by Crippen LogP contribution is 2.23. The lowest BCUT2D eigenvalue weighted by Crippen LogP contribution is -2.08. The molecule has 1 atom stereocenters. The zero-order chi connectivity index (χ0) is 13.1. The fourth-order valence-electron chi connectivity index (χ4n) is 1.46. The average molecular weight is 262 g/mol. The molecule has 0 fully saturated rings. The maximum atomic E-state index is 11.3. The highest BCUT2D eigenvalue weighted by atomic mass is 32.2. The maximum absolute atomic E-state index is 11.3. The molecule has 0 radical (unpaired) electrons. The molecule has 0 bridgehead atoms. The lowest BCUT2D eigenvalue weighted by atomic mass is 10.1. The van der Waals surface area contributed by atoms with E-state index in [1.807, 2.05) is 19.1 Å². The summed E-state index contributed by atoms with van der Waals surface area (Å²) in [5, 5.41) is 1.30. The zero-order valence-corrected chi connectivity index (χ0v) is 11.0. The van der Waals surface area contributed by atoms with Crippen molar-refractivity contribution in [2.45, 2.75) is 30.1 Å². The minimum Gasteiger partial charge on any atom is -0.324 e. The molecule has 0 saturated heterocycles. The van der Waals surface area contributed by atoms with E-state index in [2.05, 4.69) is 15.0 Å². The van der Waals surface area contributed by atoms with E-state index in [0.717, 1.165) is 10.6 Å². The molecular weight excluding hydrogens is 248 g/mol. The second kappa shape index (κ2) is 5.32. The van der Waals surface area contributed by atoms with E-state index >= 15 is 0 Å². The summed E-state index contributed by atoms with van der Waals surface area (Å²) in [5.41, 5.74) is 7.34. The van der Waals surface area contributed by atoms with Crippen LogP contribution in [0.5, 0.6) is 0 Å². The fourth-order valence-corrected chi connectivity index (χ4v) is 2.31. The monoisotopic (exact) mass is 262 g/mol. The summed E-state index contributed by atoms with van der Waals surface area (Å²) in [4.78, 5) is 22.5. The van der Waals surface area contributed by atoms with Crippen molar-refractivity contribution in [2.24, 2.45) is 5.73 Å². The number of nitrogens with zero attached hydrogens (tertiary/aromatic N) is 2. The van der Waals surface area contributed by atoms with Gasteiger partial charge in [-0.15, -0.1) is 0 Å². The Balaban J connectivity index is 2.28. The summed E-state index contributed by atoms with van der Waals surface area (Å²) < 4.78 is 0. The molecule has 2 aromatic heterocycles. The lowest BCUT2D eigenvalue weighted by Gasteiger charge is -2.06. The van der Waals surface area contributed by atoms with Gasteiger partial charge in [-0.05, 0) is 43.3 Å². The van der Waals surface area contributed by atoms with Crippen LogP contribution in [0.2, 0.25) is 0 Å². The van der Waals surface area contributed by atoms with E-state index < -0.39 is 0 Å². The summed E-state index contributed by atoms with van der Waals surface area (Å²) in [6.45, 7) is 3.70. The molecule has 0 amide bonds. The Bertz CT molecular complexity index is 609. The van der Waals surface area contributed by atoms with Crippen molar-refractivity contribution < 1.29 is 0 Å². The molecule has 94 valence electrons. The number of aryl methyl sites for hydroxylation is 1. The highest BCUT2D eigenvalue weighted by Gasteiger charge is 2.05. The molecule has 0 saturated carbocycles. The molecule has 0 aliphatic carbocycles. The van der Waals surface area contributed by atoms with E-state index in [1.165, 1.54) is 17.8 Å². The number of hydrogen-bond donors (Lipinski definition) is 2. The molecule has 2 aromatic rings. The first-order chi connectivity index (χ1) is 8.54. The van der Waals surface area contributed by atoms with Crippen LogP contribution in [0.15, 0.2) is 39.4 Å². The molecule has 0 aliphatic heterocycles. The average Bonchev–Trinajstić information content (AvgIpc) is 2.27.